The van der Waals surface area contributed by atoms with Crippen LogP contribution < -0.4 is 14.8 Å². The zero-order valence-corrected chi connectivity index (χ0v) is 21.9. The number of methoxy groups -OCH3 is 1. The van der Waals surface area contributed by atoms with Gasteiger partial charge in [0.2, 0.25) is 0 Å². The van der Waals surface area contributed by atoms with Crippen LogP contribution >= 0.6 is 0 Å². The van der Waals surface area contributed by atoms with Crippen molar-refractivity contribution >= 4 is 21.4 Å². The maximum absolute atomic E-state index is 13.6. The van der Waals surface area contributed by atoms with Crippen LogP contribution in [0.25, 0.3) is 11.3 Å². The van der Waals surface area contributed by atoms with Gasteiger partial charge in [-0.1, -0.05) is 18.2 Å². The largest absolute Gasteiger partial charge is 0.493 e. The molecule has 1 heterocycles. The summed E-state index contributed by atoms with van der Waals surface area (Å²) in [6.07, 6.45) is 1.08. The Labute approximate surface area is 225 Å². The van der Waals surface area contributed by atoms with E-state index in [4.69, 9.17) is 14.7 Å². The van der Waals surface area contributed by atoms with E-state index >= 15 is 0 Å². The number of nitrogens with zero attached hydrogens (tertiary/aromatic N) is 4. The number of sulfone groups is 1. The first-order valence-corrected chi connectivity index (χ1v) is 13.3. The number of amides is 1. The summed E-state index contributed by atoms with van der Waals surface area (Å²) in [6.45, 7) is 1.67. The van der Waals surface area contributed by atoms with E-state index in [1.807, 2.05) is 6.07 Å². The smallest absolute Gasteiger partial charge is 0.261 e. The molecule has 0 aliphatic heterocycles. The van der Waals surface area contributed by atoms with Crippen LogP contribution in [0.3, 0.4) is 0 Å². The number of ether oxygens (including phenoxy) is 2. The van der Waals surface area contributed by atoms with Crippen molar-refractivity contribution in [1.82, 2.24) is 10.2 Å². The number of hydrogen-bond donors (Lipinski definition) is 1. The standard InChI is InChI=1S/C28H21N5O5S/c1-17-25(27(34)31-21-5-4-6-22(14-21)39(3,35)36)28(38-23-12-9-19(16-30)13-24(23)37-2)33-32-26(17)20-10-7-18(15-29)8-11-20/h4-14H,1-3H3,(H,31,34). The summed E-state index contributed by atoms with van der Waals surface area (Å²) < 4.78 is 35.3. The number of carbonyl (C=O) groups is 1. The molecule has 0 radical (unpaired) electrons. The number of rotatable bonds is 7. The van der Waals surface area contributed by atoms with Crippen LogP contribution in [0.5, 0.6) is 17.4 Å². The van der Waals surface area contributed by atoms with Crippen LogP contribution in [0.2, 0.25) is 0 Å². The quantitative estimate of drug-likeness (QED) is 0.353. The first-order valence-electron chi connectivity index (χ1n) is 11.4. The minimum atomic E-state index is -3.50. The highest BCUT2D eigenvalue weighted by molar-refractivity contribution is 7.90. The molecular formula is C28H21N5O5S. The fraction of sp³-hybridized carbons (Fsp3) is 0.107. The highest BCUT2D eigenvalue weighted by Crippen LogP contribution is 2.35. The van der Waals surface area contributed by atoms with E-state index in [0.717, 1.165) is 6.26 Å². The second kappa shape index (κ2) is 11.0. The van der Waals surface area contributed by atoms with E-state index < -0.39 is 15.7 Å². The van der Waals surface area contributed by atoms with Crippen molar-refractivity contribution < 1.29 is 22.7 Å². The number of nitriles is 2. The Morgan fingerprint density at radius 3 is 2.26 bits per heavy atom. The second-order valence-electron chi connectivity index (χ2n) is 8.38. The Bertz CT molecular complexity index is 1770. The van der Waals surface area contributed by atoms with Gasteiger partial charge in [-0.3, -0.25) is 4.79 Å². The monoisotopic (exact) mass is 539 g/mol. The van der Waals surface area contributed by atoms with Crippen LogP contribution in [-0.2, 0) is 9.84 Å². The average Bonchev–Trinajstić information content (AvgIpc) is 2.93. The zero-order valence-electron chi connectivity index (χ0n) is 21.1. The van der Waals surface area contributed by atoms with Crippen LogP contribution in [-0.4, -0.2) is 37.9 Å². The van der Waals surface area contributed by atoms with E-state index in [1.165, 1.54) is 43.5 Å². The molecule has 0 unspecified atom stereocenters. The van der Waals surface area contributed by atoms with Crippen molar-refractivity contribution in [1.29, 1.82) is 10.5 Å². The highest BCUT2D eigenvalue weighted by Gasteiger charge is 2.24. The summed E-state index contributed by atoms with van der Waals surface area (Å²) in [5, 5.41) is 29.5. The SMILES string of the molecule is COc1cc(C#N)ccc1Oc1nnc(-c2ccc(C#N)cc2)c(C)c1C(=O)Nc1cccc(S(C)(=O)=O)c1. The number of aromatic nitrogens is 2. The number of hydrogen-bond acceptors (Lipinski definition) is 9. The molecule has 0 saturated heterocycles. The lowest BCUT2D eigenvalue weighted by Gasteiger charge is -2.16. The second-order valence-corrected chi connectivity index (χ2v) is 10.4. The van der Waals surface area contributed by atoms with Crippen LogP contribution in [0.4, 0.5) is 5.69 Å². The Hall–Kier alpha value is -5.26. The molecule has 10 nitrogen and oxygen atoms in total. The average molecular weight is 540 g/mol. The lowest BCUT2D eigenvalue weighted by molar-refractivity contribution is 0.102. The van der Waals surface area contributed by atoms with Gasteiger partial charge < -0.3 is 14.8 Å². The van der Waals surface area contributed by atoms with E-state index in [0.29, 0.717) is 27.9 Å². The lowest BCUT2D eigenvalue weighted by atomic mass is 10.0. The number of nitrogens with one attached hydrogen (secondary N) is 1. The number of carbonyl (C=O) groups excluding carboxylic acids is 1. The van der Waals surface area contributed by atoms with Crippen LogP contribution in [0.1, 0.15) is 27.0 Å². The molecule has 0 aliphatic carbocycles. The molecule has 3 aromatic carbocycles. The van der Waals surface area contributed by atoms with E-state index in [1.54, 1.807) is 37.3 Å². The van der Waals surface area contributed by atoms with Crippen molar-refractivity contribution in [3.63, 3.8) is 0 Å². The molecule has 39 heavy (non-hydrogen) atoms. The van der Waals surface area contributed by atoms with E-state index in [9.17, 15) is 18.5 Å². The van der Waals surface area contributed by atoms with E-state index in [-0.39, 0.29) is 33.5 Å². The molecule has 0 fully saturated rings. The first-order chi connectivity index (χ1) is 18.6. The van der Waals surface area contributed by atoms with Gasteiger partial charge in [0.15, 0.2) is 21.3 Å². The minimum Gasteiger partial charge on any atom is -0.493 e. The summed E-state index contributed by atoms with van der Waals surface area (Å²) >= 11 is 0. The predicted octanol–water partition coefficient (Wildman–Crippen LogP) is 4.65. The first kappa shape index (κ1) is 26.8. The minimum absolute atomic E-state index is 0.0422. The van der Waals surface area contributed by atoms with Crippen LogP contribution in [0, 0.1) is 29.6 Å². The molecule has 0 spiro atoms. The normalized spacial score (nSPS) is 10.7. The Balaban J connectivity index is 1.82. The van der Waals surface area contributed by atoms with Gasteiger partial charge >= 0.3 is 0 Å². The molecule has 4 aromatic rings. The third-order valence-corrected chi connectivity index (χ3v) is 6.83. The van der Waals surface area contributed by atoms with Crippen LogP contribution in [0.15, 0.2) is 71.6 Å². The summed E-state index contributed by atoms with van der Waals surface area (Å²) in [6, 6.07) is 21.1. The lowest BCUT2D eigenvalue weighted by Crippen LogP contribution is -2.17. The zero-order chi connectivity index (χ0) is 28.2. The van der Waals surface area contributed by atoms with Crippen molar-refractivity contribution in [2.24, 2.45) is 0 Å². The third kappa shape index (κ3) is 5.85. The maximum atomic E-state index is 13.6. The summed E-state index contributed by atoms with van der Waals surface area (Å²) in [4.78, 5) is 13.7. The molecule has 0 atom stereocenters. The molecule has 0 saturated carbocycles. The number of benzene rings is 3. The molecule has 1 aromatic heterocycles. The predicted molar refractivity (Wildman–Crippen MR) is 142 cm³/mol. The maximum Gasteiger partial charge on any atom is 0.261 e. The Morgan fingerprint density at radius 2 is 1.62 bits per heavy atom. The molecule has 0 aliphatic rings. The summed E-state index contributed by atoms with van der Waals surface area (Å²) in [5.74, 6) is -0.309. The van der Waals surface area contributed by atoms with Crippen molar-refractivity contribution in [3.05, 3.63) is 89.0 Å². The Morgan fingerprint density at radius 1 is 0.923 bits per heavy atom. The molecule has 1 amide bonds. The van der Waals surface area contributed by atoms with Gasteiger partial charge in [0.25, 0.3) is 11.8 Å². The van der Waals surface area contributed by atoms with Gasteiger partial charge in [-0.2, -0.15) is 10.5 Å². The topological polar surface area (TPSA) is 155 Å². The summed E-state index contributed by atoms with van der Waals surface area (Å²) in [7, 11) is -2.09. The molecule has 1 N–H and O–H groups in total. The third-order valence-electron chi connectivity index (χ3n) is 5.72. The summed E-state index contributed by atoms with van der Waals surface area (Å²) in [5.41, 5.74) is 2.53. The molecule has 194 valence electrons. The van der Waals surface area contributed by atoms with Gasteiger partial charge in [-0.05, 0) is 55.0 Å². The van der Waals surface area contributed by atoms with Gasteiger partial charge in [0, 0.05) is 23.6 Å². The fourth-order valence-corrected chi connectivity index (χ4v) is 4.41. The molecule has 4 rings (SSSR count). The van der Waals surface area contributed by atoms with Gasteiger partial charge in [0.05, 0.1) is 41.0 Å². The fourth-order valence-electron chi connectivity index (χ4n) is 3.74. The Kier molecular flexibility index (Phi) is 7.56. The number of anilines is 1. The van der Waals surface area contributed by atoms with Gasteiger partial charge in [-0.25, -0.2) is 8.42 Å². The molecule has 0 bridgehead atoms. The molecular weight excluding hydrogens is 518 g/mol. The van der Waals surface area contributed by atoms with Gasteiger partial charge in [-0.15, -0.1) is 10.2 Å². The highest BCUT2D eigenvalue weighted by atomic mass is 32.2. The molecule has 11 heteroatoms. The van der Waals surface area contributed by atoms with Crippen molar-refractivity contribution in [2.45, 2.75) is 11.8 Å². The van der Waals surface area contributed by atoms with Crippen molar-refractivity contribution in [2.75, 3.05) is 18.7 Å². The van der Waals surface area contributed by atoms with E-state index in [2.05, 4.69) is 21.6 Å². The van der Waals surface area contributed by atoms with Crippen molar-refractivity contribution in [3.8, 4) is 40.8 Å². The van der Waals surface area contributed by atoms with Gasteiger partial charge in [0.1, 0.15) is 5.56 Å².